The smallest absolute Gasteiger partial charge is 0.237 e. The molecule has 0 radical (unpaired) electrons. The summed E-state index contributed by atoms with van der Waals surface area (Å²) in [6, 6.07) is 14.2. The van der Waals surface area contributed by atoms with E-state index in [2.05, 4.69) is 12.1 Å². The summed E-state index contributed by atoms with van der Waals surface area (Å²) >= 11 is 0. The Morgan fingerprint density at radius 3 is 2.71 bits per heavy atom. The van der Waals surface area contributed by atoms with Crippen LogP contribution in [0.15, 0.2) is 42.5 Å². The number of carbonyl (C=O) groups excluding carboxylic acids is 1. The molecule has 4 N–H and O–H groups in total. The van der Waals surface area contributed by atoms with Crippen molar-refractivity contribution in [3.8, 4) is 5.75 Å². The molecule has 0 aliphatic heterocycles. The first kappa shape index (κ1) is 13.9. The fourth-order valence-electron chi connectivity index (χ4n) is 3.01. The van der Waals surface area contributed by atoms with E-state index in [0.29, 0.717) is 12.8 Å². The molecule has 0 bridgehead atoms. The van der Waals surface area contributed by atoms with Crippen LogP contribution in [0.5, 0.6) is 5.75 Å². The summed E-state index contributed by atoms with van der Waals surface area (Å²) in [5.41, 5.74) is 10.6. The number of ether oxygens (including phenoxy) is 1. The molecular weight excluding hydrogens is 264 g/mol. The Hall–Kier alpha value is -2.07. The number of benzene rings is 2. The Labute approximate surface area is 124 Å². The monoisotopic (exact) mass is 284 g/mol. The zero-order chi connectivity index (χ0) is 14.9. The van der Waals surface area contributed by atoms with Crippen molar-refractivity contribution in [2.75, 3.05) is 0 Å². The summed E-state index contributed by atoms with van der Waals surface area (Å²) in [6.07, 6.45) is 2.82. The van der Waals surface area contributed by atoms with Crippen LogP contribution in [0.3, 0.4) is 0 Å². The van der Waals surface area contributed by atoms with Crippen LogP contribution in [0.25, 0.3) is 10.8 Å². The summed E-state index contributed by atoms with van der Waals surface area (Å²) in [5, 5.41) is 2.32. The minimum atomic E-state index is -0.931. The second-order valence-corrected chi connectivity index (χ2v) is 5.87. The van der Waals surface area contributed by atoms with Gasteiger partial charge < -0.3 is 16.2 Å². The van der Waals surface area contributed by atoms with Gasteiger partial charge in [0.25, 0.3) is 0 Å². The number of amides is 1. The molecule has 0 spiro atoms. The van der Waals surface area contributed by atoms with Gasteiger partial charge in [-0.05, 0) is 42.2 Å². The van der Waals surface area contributed by atoms with Gasteiger partial charge in [0.05, 0.1) is 5.54 Å². The summed E-state index contributed by atoms with van der Waals surface area (Å²) in [5.74, 6) is 0.377. The van der Waals surface area contributed by atoms with Crippen LogP contribution in [0, 0.1) is 0 Å². The van der Waals surface area contributed by atoms with Crippen LogP contribution in [0.4, 0.5) is 0 Å². The lowest BCUT2D eigenvalue weighted by atomic mass is 9.80. The first-order valence-electron chi connectivity index (χ1n) is 7.31. The van der Waals surface area contributed by atoms with E-state index in [1.54, 1.807) is 0 Å². The van der Waals surface area contributed by atoms with Crippen molar-refractivity contribution in [1.82, 2.24) is 0 Å². The van der Waals surface area contributed by atoms with Gasteiger partial charge in [-0.15, -0.1) is 0 Å². The summed E-state index contributed by atoms with van der Waals surface area (Å²) < 4.78 is 6.02. The standard InChI is InChI=1S/C17H20N2O2/c18-16(20)17(19)9-3-6-15(11-17)21-14-8-7-12-4-1-2-5-13(12)10-14/h1-2,4-5,7-8,10,15H,3,6,9,11,19H2,(H2,18,20). The van der Waals surface area contributed by atoms with E-state index in [9.17, 15) is 4.79 Å². The maximum Gasteiger partial charge on any atom is 0.237 e. The van der Waals surface area contributed by atoms with Gasteiger partial charge >= 0.3 is 0 Å². The largest absolute Gasteiger partial charge is 0.490 e. The fourth-order valence-corrected chi connectivity index (χ4v) is 3.01. The van der Waals surface area contributed by atoms with Gasteiger partial charge in [-0.1, -0.05) is 30.3 Å². The zero-order valence-corrected chi connectivity index (χ0v) is 11.9. The first-order valence-corrected chi connectivity index (χ1v) is 7.31. The molecule has 4 nitrogen and oxygen atoms in total. The van der Waals surface area contributed by atoms with Crippen molar-refractivity contribution >= 4 is 16.7 Å². The highest BCUT2D eigenvalue weighted by Gasteiger charge is 2.38. The van der Waals surface area contributed by atoms with Crippen LogP contribution in [-0.2, 0) is 4.79 Å². The quantitative estimate of drug-likeness (QED) is 0.908. The molecule has 2 unspecified atom stereocenters. The number of primary amides is 1. The summed E-state index contributed by atoms with van der Waals surface area (Å²) in [7, 11) is 0. The number of fused-ring (bicyclic) bond motifs is 1. The Kier molecular flexibility index (Phi) is 3.55. The third-order valence-corrected chi connectivity index (χ3v) is 4.26. The maximum absolute atomic E-state index is 11.5. The van der Waals surface area contributed by atoms with Gasteiger partial charge in [0.1, 0.15) is 11.9 Å². The predicted molar refractivity (Wildman–Crippen MR) is 82.9 cm³/mol. The van der Waals surface area contributed by atoms with Gasteiger partial charge in [0.15, 0.2) is 0 Å². The predicted octanol–water partition coefficient (Wildman–Crippen LogP) is 2.34. The van der Waals surface area contributed by atoms with E-state index in [0.717, 1.165) is 24.0 Å². The second kappa shape index (κ2) is 5.37. The van der Waals surface area contributed by atoms with Crippen LogP contribution >= 0.6 is 0 Å². The molecule has 110 valence electrons. The Morgan fingerprint density at radius 2 is 1.95 bits per heavy atom. The van der Waals surface area contributed by atoms with Crippen LogP contribution in [0.2, 0.25) is 0 Å². The summed E-state index contributed by atoms with van der Waals surface area (Å²) in [6.45, 7) is 0. The average Bonchev–Trinajstić information content (AvgIpc) is 2.47. The molecule has 1 aliphatic carbocycles. The Morgan fingerprint density at radius 1 is 1.19 bits per heavy atom. The van der Waals surface area contributed by atoms with Gasteiger partial charge in [-0.3, -0.25) is 4.79 Å². The lowest BCUT2D eigenvalue weighted by Gasteiger charge is -2.35. The molecule has 4 heteroatoms. The molecule has 0 heterocycles. The zero-order valence-electron chi connectivity index (χ0n) is 11.9. The van der Waals surface area contributed by atoms with E-state index in [1.165, 1.54) is 5.39 Å². The second-order valence-electron chi connectivity index (χ2n) is 5.87. The van der Waals surface area contributed by atoms with E-state index in [-0.39, 0.29) is 6.10 Å². The van der Waals surface area contributed by atoms with E-state index in [4.69, 9.17) is 16.2 Å². The first-order chi connectivity index (χ1) is 10.1. The summed E-state index contributed by atoms with van der Waals surface area (Å²) in [4.78, 5) is 11.5. The fraction of sp³-hybridized carbons (Fsp3) is 0.353. The molecule has 2 atom stereocenters. The van der Waals surface area contributed by atoms with Crippen molar-refractivity contribution in [3.05, 3.63) is 42.5 Å². The Bertz CT molecular complexity index is 671. The van der Waals surface area contributed by atoms with Crippen LogP contribution in [0.1, 0.15) is 25.7 Å². The molecule has 1 aliphatic rings. The topological polar surface area (TPSA) is 78.3 Å². The molecular formula is C17H20N2O2. The van der Waals surface area contributed by atoms with Gasteiger partial charge in [0, 0.05) is 6.42 Å². The third-order valence-electron chi connectivity index (χ3n) is 4.26. The lowest BCUT2D eigenvalue weighted by molar-refractivity contribution is -0.125. The Balaban J connectivity index is 1.77. The molecule has 2 aromatic rings. The number of nitrogens with two attached hydrogens (primary N) is 2. The molecule has 2 aromatic carbocycles. The highest BCUT2D eigenvalue weighted by atomic mass is 16.5. The van der Waals surface area contributed by atoms with E-state index < -0.39 is 11.4 Å². The van der Waals surface area contributed by atoms with E-state index in [1.807, 2.05) is 30.3 Å². The lowest BCUT2D eigenvalue weighted by Crippen LogP contribution is -2.56. The van der Waals surface area contributed by atoms with Gasteiger partial charge in [-0.25, -0.2) is 0 Å². The average molecular weight is 284 g/mol. The van der Waals surface area contributed by atoms with Crippen molar-refractivity contribution in [3.63, 3.8) is 0 Å². The molecule has 1 saturated carbocycles. The van der Waals surface area contributed by atoms with Crippen LogP contribution in [-0.4, -0.2) is 17.6 Å². The van der Waals surface area contributed by atoms with Crippen molar-refractivity contribution in [1.29, 1.82) is 0 Å². The van der Waals surface area contributed by atoms with Gasteiger partial charge in [0.2, 0.25) is 5.91 Å². The van der Waals surface area contributed by atoms with E-state index >= 15 is 0 Å². The highest BCUT2D eigenvalue weighted by molar-refractivity contribution is 5.85. The molecule has 0 aromatic heterocycles. The molecule has 3 rings (SSSR count). The number of hydrogen-bond donors (Lipinski definition) is 2. The molecule has 21 heavy (non-hydrogen) atoms. The molecule has 1 fully saturated rings. The van der Waals surface area contributed by atoms with Crippen LogP contribution < -0.4 is 16.2 Å². The van der Waals surface area contributed by atoms with Crippen molar-refractivity contribution < 1.29 is 9.53 Å². The number of rotatable bonds is 3. The minimum Gasteiger partial charge on any atom is -0.490 e. The minimum absolute atomic E-state index is 0.0580. The SMILES string of the molecule is NC(=O)C1(N)CCCC(Oc2ccc3ccccc3c2)C1. The third kappa shape index (κ3) is 2.85. The van der Waals surface area contributed by atoms with Crippen molar-refractivity contribution in [2.24, 2.45) is 11.5 Å². The highest BCUT2D eigenvalue weighted by Crippen LogP contribution is 2.30. The normalized spacial score (nSPS) is 25.7. The van der Waals surface area contributed by atoms with Gasteiger partial charge in [-0.2, -0.15) is 0 Å². The maximum atomic E-state index is 11.5. The number of hydrogen-bond acceptors (Lipinski definition) is 3. The molecule has 1 amide bonds. The molecule has 0 saturated heterocycles. The van der Waals surface area contributed by atoms with Crippen molar-refractivity contribution in [2.45, 2.75) is 37.3 Å². The number of carbonyl (C=O) groups is 1.